The van der Waals surface area contributed by atoms with Crippen molar-refractivity contribution >= 4 is 24.4 Å². The van der Waals surface area contributed by atoms with E-state index in [1.54, 1.807) is 0 Å². The summed E-state index contributed by atoms with van der Waals surface area (Å²) < 4.78 is 8.74. The number of esters is 1. The van der Waals surface area contributed by atoms with E-state index in [1.165, 1.54) is 53.1 Å². The minimum absolute atomic E-state index is 0.0509. The molecule has 0 aliphatic rings. The summed E-state index contributed by atoms with van der Waals surface area (Å²) in [5.41, 5.74) is 0. The van der Waals surface area contributed by atoms with Crippen LogP contribution in [-0.2, 0) is 19.1 Å². The van der Waals surface area contributed by atoms with Crippen LogP contribution >= 0.6 is 12.6 Å². The van der Waals surface area contributed by atoms with Crippen molar-refractivity contribution in [1.29, 1.82) is 0 Å². The second-order valence-electron chi connectivity index (χ2n) is 5.65. The van der Waals surface area contributed by atoms with E-state index in [0.29, 0.717) is 4.91 Å². The van der Waals surface area contributed by atoms with E-state index >= 15 is 0 Å². The highest BCUT2D eigenvalue weighted by Gasteiger charge is 2.09. The molecule has 0 amide bonds. The van der Waals surface area contributed by atoms with E-state index < -0.39 is 0 Å². The van der Waals surface area contributed by atoms with Gasteiger partial charge >= 0.3 is 5.97 Å². The molecular weight excluding hydrogens is 324 g/mol. The zero-order valence-corrected chi connectivity index (χ0v) is 17.6. The lowest BCUT2D eigenvalue weighted by atomic mass is 9.88. The number of ether oxygens (including phenoxy) is 2. The molecule has 0 saturated carbocycles. The van der Waals surface area contributed by atoms with Crippen LogP contribution in [0.25, 0.3) is 0 Å². The Balaban J connectivity index is -0.000000294. The summed E-state index contributed by atoms with van der Waals surface area (Å²) in [4.78, 5) is 20.2. The van der Waals surface area contributed by atoms with Crippen LogP contribution in [0.1, 0.15) is 73.6 Å². The minimum atomic E-state index is -0.318. The number of thiol groups is 1. The van der Waals surface area contributed by atoms with Gasteiger partial charge in [-0.2, -0.15) is 0 Å². The third-order valence-corrected chi connectivity index (χ3v) is 4.08. The summed E-state index contributed by atoms with van der Waals surface area (Å²) in [5.74, 6) is 1.58. The van der Waals surface area contributed by atoms with Gasteiger partial charge in [-0.1, -0.05) is 60.0 Å². The number of Topliss-reactive ketones (excluding diaryl/α,β-unsaturated/α-hetero) is 1. The zero-order chi connectivity index (χ0) is 19.5. The van der Waals surface area contributed by atoms with Crippen molar-refractivity contribution in [2.24, 2.45) is 11.8 Å². The van der Waals surface area contributed by atoms with Gasteiger partial charge in [-0.05, 0) is 25.2 Å². The molecule has 0 aliphatic carbocycles. The van der Waals surface area contributed by atoms with Gasteiger partial charge < -0.3 is 9.47 Å². The molecule has 0 rings (SSSR count). The van der Waals surface area contributed by atoms with Gasteiger partial charge in [0.25, 0.3) is 0 Å². The molecule has 0 radical (unpaired) electrons. The summed E-state index contributed by atoms with van der Waals surface area (Å²) in [5, 5.41) is 0. The average Bonchev–Trinajstić information content (AvgIpc) is 2.55. The molecule has 0 aromatic heterocycles. The summed E-state index contributed by atoms with van der Waals surface area (Å²) in [6, 6.07) is 0. The quantitative estimate of drug-likeness (QED) is 0.257. The van der Waals surface area contributed by atoms with Crippen molar-refractivity contribution in [3.63, 3.8) is 0 Å². The fourth-order valence-corrected chi connectivity index (χ4v) is 1.86. The monoisotopic (exact) mass is 362 g/mol. The van der Waals surface area contributed by atoms with E-state index in [2.05, 4.69) is 56.4 Å². The third kappa shape index (κ3) is 23.5. The number of hydrogen-bond donors (Lipinski definition) is 1. The van der Waals surface area contributed by atoms with Crippen LogP contribution in [0.4, 0.5) is 0 Å². The fraction of sp³-hybridized carbons (Fsp3) is 0.789. The number of ketones is 1. The highest BCUT2D eigenvalue weighted by molar-refractivity contribution is 7.85. The van der Waals surface area contributed by atoms with Gasteiger partial charge in [0.15, 0.2) is 12.6 Å². The van der Waals surface area contributed by atoms with E-state index in [4.69, 9.17) is 0 Å². The molecule has 0 unspecified atom stereocenters. The predicted octanol–water partition coefficient (Wildman–Crippen LogP) is 5.42. The van der Waals surface area contributed by atoms with Gasteiger partial charge in [-0.3, -0.25) is 9.59 Å². The Kier molecular flexibility index (Phi) is 23.6. The van der Waals surface area contributed by atoms with Gasteiger partial charge in [-0.15, -0.1) is 12.6 Å². The van der Waals surface area contributed by atoms with Gasteiger partial charge in [0.2, 0.25) is 0 Å². The van der Waals surface area contributed by atoms with Crippen LogP contribution < -0.4 is 0 Å². The largest absolute Gasteiger partial charge is 0.439 e. The van der Waals surface area contributed by atoms with Crippen LogP contribution in [0.5, 0.6) is 0 Å². The normalized spacial score (nSPS) is 9.58. The Morgan fingerprint density at radius 3 is 1.42 bits per heavy atom. The van der Waals surface area contributed by atoms with E-state index in [0.717, 1.165) is 11.8 Å². The maximum atomic E-state index is 9.97. The molecule has 4 nitrogen and oxygen atoms in total. The molecule has 24 heavy (non-hydrogen) atoms. The van der Waals surface area contributed by atoms with E-state index in [9.17, 15) is 9.59 Å². The van der Waals surface area contributed by atoms with Gasteiger partial charge in [0, 0.05) is 18.9 Å². The number of rotatable bonds is 9. The lowest BCUT2D eigenvalue weighted by Crippen LogP contribution is -2.05. The summed E-state index contributed by atoms with van der Waals surface area (Å²) in [6.07, 6.45) is 6.93. The second-order valence-corrected chi connectivity index (χ2v) is 6.19. The molecule has 0 heterocycles. The standard InChI is InChI=1S/C11H24.C4H8O3.C4H6OS/c1-5-10(6-2)9-11(7-3)8-4;1-4(5)7-3-6-2;1-3(5)4(2)6/h10-11H,5-9H2,1-4H3;3H2,1-2H3;6H,2H2,1H3. The molecule has 5 heteroatoms. The third-order valence-electron chi connectivity index (χ3n) is 3.76. The number of carbonyl (C=O) groups is 2. The van der Waals surface area contributed by atoms with E-state index in [-0.39, 0.29) is 18.5 Å². The second kappa shape index (κ2) is 20.2. The van der Waals surface area contributed by atoms with Crippen molar-refractivity contribution in [2.45, 2.75) is 73.6 Å². The van der Waals surface area contributed by atoms with Crippen molar-refractivity contribution in [3.05, 3.63) is 11.5 Å². The van der Waals surface area contributed by atoms with Crippen LogP contribution in [-0.4, -0.2) is 25.7 Å². The maximum absolute atomic E-state index is 9.97. The highest BCUT2D eigenvalue weighted by atomic mass is 32.1. The molecule has 0 N–H and O–H groups in total. The highest BCUT2D eigenvalue weighted by Crippen LogP contribution is 2.23. The number of allylic oxidation sites excluding steroid dienone is 1. The number of hydrogen-bond acceptors (Lipinski definition) is 5. The molecular formula is C19H38O4S. The van der Waals surface area contributed by atoms with Gasteiger partial charge in [-0.25, -0.2) is 0 Å². The molecule has 0 fully saturated rings. The summed E-state index contributed by atoms with van der Waals surface area (Å²) in [7, 11) is 1.46. The lowest BCUT2D eigenvalue weighted by molar-refractivity contribution is -0.151. The smallest absolute Gasteiger partial charge is 0.304 e. The SMILES string of the molecule is C=C(S)C(C)=O.CCC(CC)CC(CC)CC.COCOC(C)=O. The number of methoxy groups -OCH3 is 1. The van der Waals surface area contributed by atoms with Gasteiger partial charge in [0.05, 0.1) is 0 Å². The van der Waals surface area contributed by atoms with Crippen molar-refractivity contribution in [3.8, 4) is 0 Å². The van der Waals surface area contributed by atoms with Crippen molar-refractivity contribution < 1.29 is 19.1 Å². The van der Waals surface area contributed by atoms with Crippen LogP contribution in [0.3, 0.4) is 0 Å². The summed E-state index contributed by atoms with van der Waals surface area (Å²) in [6.45, 7) is 15.3. The Bertz CT molecular complexity index is 299. The first-order valence-electron chi connectivity index (χ1n) is 8.70. The molecule has 0 aliphatic heterocycles. The number of carbonyl (C=O) groups excluding carboxylic acids is 2. The van der Waals surface area contributed by atoms with Crippen LogP contribution in [0.15, 0.2) is 11.5 Å². The molecule has 0 saturated heterocycles. The molecule has 0 aromatic rings. The van der Waals surface area contributed by atoms with Crippen molar-refractivity contribution in [2.75, 3.05) is 13.9 Å². The van der Waals surface area contributed by atoms with Gasteiger partial charge in [0.1, 0.15) is 0 Å². The average molecular weight is 363 g/mol. The topological polar surface area (TPSA) is 52.6 Å². The van der Waals surface area contributed by atoms with E-state index in [1.807, 2.05) is 0 Å². The minimum Gasteiger partial charge on any atom is -0.439 e. The molecule has 0 atom stereocenters. The van der Waals surface area contributed by atoms with Crippen molar-refractivity contribution in [1.82, 2.24) is 0 Å². The zero-order valence-electron chi connectivity index (χ0n) is 16.7. The fourth-order valence-electron chi connectivity index (χ4n) is 1.86. The first-order chi connectivity index (χ1) is 11.2. The molecule has 0 aromatic carbocycles. The summed E-state index contributed by atoms with van der Waals surface area (Å²) >= 11 is 3.65. The molecule has 0 spiro atoms. The first-order valence-corrected chi connectivity index (χ1v) is 9.15. The lowest BCUT2D eigenvalue weighted by Gasteiger charge is -2.18. The Morgan fingerprint density at radius 2 is 1.29 bits per heavy atom. The Hall–Kier alpha value is -0.810. The van der Waals surface area contributed by atoms with Crippen LogP contribution in [0.2, 0.25) is 0 Å². The molecule has 144 valence electrons. The Morgan fingerprint density at radius 1 is 0.958 bits per heavy atom. The van der Waals surface area contributed by atoms with Crippen LogP contribution in [0, 0.1) is 11.8 Å². The predicted molar refractivity (Wildman–Crippen MR) is 105 cm³/mol. The first kappa shape index (κ1) is 28.0. The maximum Gasteiger partial charge on any atom is 0.304 e. The Labute approximate surface area is 154 Å². The molecule has 0 bridgehead atoms.